The first kappa shape index (κ1) is 16.1. The van der Waals surface area contributed by atoms with E-state index < -0.39 is 34.7 Å². The van der Waals surface area contributed by atoms with E-state index in [2.05, 4.69) is 0 Å². The van der Waals surface area contributed by atoms with Gasteiger partial charge in [-0.1, -0.05) is 12.1 Å². The van der Waals surface area contributed by atoms with E-state index in [1.54, 1.807) is 0 Å². The minimum absolute atomic E-state index is 0.0699. The summed E-state index contributed by atoms with van der Waals surface area (Å²) >= 11 is 0. The predicted molar refractivity (Wildman–Crippen MR) is 66.9 cm³/mol. The first-order chi connectivity index (χ1) is 9.62. The maximum atomic E-state index is 11.1. The zero-order valence-corrected chi connectivity index (χ0v) is 10.8. The molecule has 3 N–H and O–H groups in total. The van der Waals surface area contributed by atoms with Gasteiger partial charge < -0.3 is 15.3 Å². The van der Waals surface area contributed by atoms with Crippen molar-refractivity contribution >= 4 is 23.6 Å². The van der Waals surface area contributed by atoms with Crippen LogP contribution in [-0.4, -0.2) is 38.2 Å². The monoisotopic (exact) mass is 297 g/mol. The molecule has 0 amide bonds. The van der Waals surface area contributed by atoms with Gasteiger partial charge in [0.15, 0.2) is 0 Å². The summed E-state index contributed by atoms with van der Waals surface area (Å²) in [5.74, 6) is -6.15. The number of nitro groups is 1. The molecule has 0 spiro atoms. The van der Waals surface area contributed by atoms with Crippen molar-refractivity contribution in [3.05, 3.63) is 39.4 Å². The number of carboxylic acid groups (broad SMARTS) is 3. The zero-order chi connectivity index (χ0) is 16.4. The Kier molecular flexibility index (Phi) is 4.27. The normalized spacial score (nSPS) is 10.9. The largest absolute Gasteiger partial charge is 0.480 e. The number of rotatable bonds is 6. The second kappa shape index (κ2) is 5.57. The van der Waals surface area contributed by atoms with Crippen LogP contribution in [0.5, 0.6) is 0 Å². The Balaban J connectivity index is 3.38. The molecule has 0 aliphatic heterocycles. The second-order valence-electron chi connectivity index (χ2n) is 4.38. The highest BCUT2D eigenvalue weighted by Gasteiger charge is 2.54. The van der Waals surface area contributed by atoms with Gasteiger partial charge >= 0.3 is 17.9 Å². The van der Waals surface area contributed by atoms with Crippen molar-refractivity contribution in [2.24, 2.45) is 5.41 Å². The van der Waals surface area contributed by atoms with Gasteiger partial charge in [0.05, 0.1) is 4.92 Å². The van der Waals surface area contributed by atoms with Crippen molar-refractivity contribution in [2.45, 2.75) is 13.3 Å². The third-order valence-electron chi connectivity index (χ3n) is 3.03. The fourth-order valence-electron chi connectivity index (χ4n) is 1.77. The maximum Gasteiger partial charge on any atom is 0.333 e. The second-order valence-corrected chi connectivity index (χ2v) is 4.38. The molecule has 0 saturated heterocycles. The molecule has 9 heteroatoms. The fourth-order valence-corrected chi connectivity index (χ4v) is 1.77. The van der Waals surface area contributed by atoms with Gasteiger partial charge in [-0.25, -0.2) is 0 Å². The summed E-state index contributed by atoms with van der Waals surface area (Å²) in [5, 5.41) is 37.7. The molecular weight excluding hydrogens is 286 g/mol. The van der Waals surface area contributed by atoms with Crippen molar-refractivity contribution in [3.63, 3.8) is 0 Å². The van der Waals surface area contributed by atoms with Gasteiger partial charge in [0, 0.05) is 18.1 Å². The van der Waals surface area contributed by atoms with Gasteiger partial charge in [-0.3, -0.25) is 24.5 Å². The summed E-state index contributed by atoms with van der Waals surface area (Å²) in [4.78, 5) is 43.4. The SMILES string of the molecule is Cc1ccc(CC(C(=O)O)(C(=O)O)C(=O)O)cc1[N+](=O)[O-]. The van der Waals surface area contributed by atoms with E-state index in [-0.39, 0.29) is 16.8 Å². The maximum absolute atomic E-state index is 11.1. The number of aliphatic carboxylic acids is 3. The molecule has 1 rings (SSSR count). The summed E-state index contributed by atoms with van der Waals surface area (Å²) in [7, 11) is 0. The van der Waals surface area contributed by atoms with Crippen molar-refractivity contribution < 1.29 is 34.6 Å². The Morgan fingerprint density at radius 1 is 1.14 bits per heavy atom. The minimum atomic E-state index is -3.09. The number of benzene rings is 1. The highest BCUT2D eigenvalue weighted by Crippen LogP contribution is 2.28. The Morgan fingerprint density at radius 3 is 2.00 bits per heavy atom. The van der Waals surface area contributed by atoms with Crippen LogP contribution in [0.1, 0.15) is 11.1 Å². The number of hydrogen-bond acceptors (Lipinski definition) is 5. The van der Waals surface area contributed by atoms with E-state index in [1.807, 2.05) is 0 Å². The van der Waals surface area contributed by atoms with E-state index >= 15 is 0 Å². The van der Waals surface area contributed by atoms with Crippen LogP contribution < -0.4 is 0 Å². The Morgan fingerprint density at radius 2 is 1.62 bits per heavy atom. The van der Waals surface area contributed by atoms with E-state index in [1.165, 1.54) is 19.1 Å². The topological polar surface area (TPSA) is 155 Å². The number of aryl methyl sites for hydroxylation is 1. The van der Waals surface area contributed by atoms with Crippen molar-refractivity contribution in [1.82, 2.24) is 0 Å². The summed E-state index contributed by atoms with van der Waals surface area (Å²) in [6, 6.07) is 3.52. The van der Waals surface area contributed by atoms with E-state index in [9.17, 15) is 24.5 Å². The number of carboxylic acids is 3. The van der Waals surface area contributed by atoms with Crippen LogP contribution in [0, 0.1) is 22.5 Å². The predicted octanol–water partition coefficient (Wildman–Crippen LogP) is 0.686. The lowest BCUT2D eigenvalue weighted by molar-refractivity contribution is -0.385. The van der Waals surface area contributed by atoms with E-state index in [0.717, 1.165) is 6.07 Å². The van der Waals surface area contributed by atoms with Gasteiger partial charge in [0.25, 0.3) is 11.1 Å². The zero-order valence-electron chi connectivity index (χ0n) is 10.8. The molecule has 1 aromatic rings. The number of nitrogens with zero attached hydrogens (tertiary/aromatic N) is 1. The molecule has 112 valence electrons. The fraction of sp³-hybridized carbons (Fsp3) is 0.250. The van der Waals surface area contributed by atoms with Crippen LogP contribution in [-0.2, 0) is 20.8 Å². The van der Waals surface area contributed by atoms with E-state index in [0.29, 0.717) is 0 Å². The summed E-state index contributed by atoms with van der Waals surface area (Å²) in [6.07, 6.45) is -0.909. The van der Waals surface area contributed by atoms with Crippen molar-refractivity contribution in [2.75, 3.05) is 0 Å². The van der Waals surface area contributed by atoms with Gasteiger partial charge in [-0.2, -0.15) is 0 Å². The molecule has 0 aliphatic rings. The molecule has 0 heterocycles. The molecular formula is C12H11NO8. The van der Waals surface area contributed by atoms with Gasteiger partial charge in [0.2, 0.25) is 0 Å². The standard InChI is InChI=1S/C12H11NO8/c1-6-2-3-7(4-8(6)13(20)21)5-12(9(14)15,10(16)17)11(18)19/h2-4H,5H2,1H3,(H,14,15)(H,16,17)(H,18,19). The van der Waals surface area contributed by atoms with Crippen LogP contribution in [0.25, 0.3) is 0 Å². The van der Waals surface area contributed by atoms with Crippen molar-refractivity contribution in [3.8, 4) is 0 Å². The molecule has 0 aromatic heterocycles. The minimum Gasteiger partial charge on any atom is -0.480 e. The van der Waals surface area contributed by atoms with Gasteiger partial charge in [-0.05, 0) is 12.5 Å². The molecule has 0 saturated carbocycles. The average Bonchev–Trinajstić information content (AvgIpc) is 2.35. The summed E-state index contributed by atoms with van der Waals surface area (Å²) in [6.45, 7) is 1.45. The summed E-state index contributed by atoms with van der Waals surface area (Å²) < 4.78 is 0. The quantitative estimate of drug-likeness (QED) is 0.393. The smallest absolute Gasteiger partial charge is 0.333 e. The first-order valence-electron chi connectivity index (χ1n) is 5.57. The highest BCUT2D eigenvalue weighted by molar-refractivity contribution is 6.16. The molecule has 21 heavy (non-hydrogen) atoms. The van der Waals surface area contributed by atoms with Crippen LogP contribution >= 0.6 is 0 Å². The third-order valence-corrected chi connectivity index (χ3v) is 3.03. The Hall–Kier alpha value is -2.97. The van der Waals surface area contributed by atoms with Gasteiger partial charge in [0.1, 0.15) is 0 Å². The highest BCUT2D eigenvalue weighted by atomic mass is 16.6. The van der Waals surface area contributed by atoms with Crippen LogP contribution in [0.15, 0.2) is 18.2 Å². The molecule has 1 aromatic carbocycles. The van der Waals surface area contributed by atoms with Crippen LogP contribution in [0.3, 0.4) is 0 Å². The van der Waals surface area contributed by atoms with Crippen LogP contribution in [0.2, 0.25) is 0 Å². The molecule has 0 aliphatic carbocycles. The Labute approximate surface area is 117 Å². The molecule has 0 fully saturated rings. The average molecular weight is 297 g/mol. The molecule has 0 unspecified atom stereocenters. The lowest BCUT2D eigenvalue weighted by Gasteiger charge is -2.20. The van der Waals surface area contributed by atoms with Crippen molar-refractivity contribution in [1.29, 1.82) is 0 Å². The van der Waals surface area contributed by atoms with E-state index in [4.69, 9.17) is 15.3 Å². The molecule has 0 radical (unpaired) electrons. The number of nitro benzene ring substituents is 1. The number of hydrogen-bond donors (Lipinski definition) is 3. The molecule has 0 bridgehead atoms. The molecule has 9 nitrogen and oxygen atoms in total. The van der Waals surface area contributed by atoms with Crippen LogP contribution in [0.4, 0.5) is 5.69 Å². The van der Waals surface area contributed by atoms with Gasteiger partial charge in [-0.15, -0.1) is 0 Å². The lowest BCUT2D eigenvalue weighted by Crippen LogP contribution is -2.48. The number of carbonyl (C=O) groups is 3. The lowest BCUT2D eigenvalue weighted by atomic mass is 9.81. The summed E-state index contributed by atoms with van der Waals surface area (Å²) in [5.41, 5.74) is -3.22. The Bertz CT molecular complexity index is 600. The molecule has 0 atom stereocenters. The third kappa shape index (κ3) is 2.81. The first-order valence-corrected chi connectivity index (χ1v) is 5.57.